The van der Waals surface area contributed by atoms with Gasteiger partial charge in [0.25, 0.3) is 11.6 Å². The Hall–Kier alpha value is -2.31. The van der Waals surface area contributed by atoms with E-state index >= 15 is 0 Å². The summed E-state index contributed by atoms with van der Waals surface area (Å²) in [6, 6.07) is 8.18. The van der Waals surface area contributed by atoms with Crippen molar-refractivity contribution in [2.75, 3.05) is 5.32 Å². The van der Waals surface area contributed by atoms with Crippen molar-refractivity contribution in [3.63, 3.8) is 0 Å². The van der Waals surface area contributed by atoms with Gasteiger partial charge in [-0.05, 0) is 65.1 Å². The molecule has 0 aromatic heterocycles. The Morgan fingerprint density at radius 1 is 1.23 bits per heavy atom. The fourth-order valence-electron chi connectivity index (χ4n) is 1.93. The van der Waals surface area contributed by atoms with Crippen molar-refractivity contribution in [1.82, 2.24) is 5.32 Å². The third-order valence-corrected chi connectivity index (χ3v) is 4.29. The van der Waals surface area contributed by atoms with Gasteiger partial charge in [0.1, 0.15) is 5.02 Å². The van der Waals surface area contributed by atoms with Crippen molar-refractivity contribution in [2.24, 2.45) is 0 Å². The first-order valence-corrected chi connectivity index (χ1v) is 8.64. The van der Waals surface area contributed by atoms with Crippen molar-refractivity contribution in [3.05, 3.63) is 66.2 Å². The molecule has 2 aromatic carbocycles. The van der Waals surface area contributed by atoms with Crippen LogP contribution in [-0.2, 0) is 0 Å². The van der Waals surface area contributed by atoms with E-state index in [1.165, 1.54) is 24.3 Å². The predicted octanol–water partition coefficient (Wildman–Crippen LogP) is 3.68. The van der Waals surface area contributed by atoms with E-state index in [9.17, 15) is 24.8 Å². The molecule has 2 rings (SSSR count). The number of thiocarbonyl (C=S) groups is 1. The van der Waals surface area contributed by atoms with Gasteiger partial charge in [0, 0.05) is 15.2 Å². The largest absolute Gasteiger partial charge is 0.478 e. The molecule has 0 radical (unpaired) electrons. The van der Waals surface area contributed by atoms with Crippen LogP contribution in [0.5, 0.6) is 0 Å². The topological polar surface area (TPSA) is 122 Å². The molecule has 0 atom stereocenters. The summed E-state index contributed by atoms with van der Waals surface area (Å²) in [6.07, 6.45) is 0. The minimum atomic E-state index is -1.16. The molecule has 3 N–H and O–H groups in total. The summed E-state index contributed by atoms with van der Waals surface area (Å²) in [5.41, 5.74) is -0.253. The lowest BCUT2D eigenvalue weighted by atomic mass is 10.2. The second-order valence-corrected chi connectivity index (χ2v) is 6.89. The van der Waals surface area contributed by atoms with E-state index in [1.54, 1.807) is 6.07 Å². The van der Waals surface area contributed by atoms with Gasteiger partial charge in [-0.25, -0.2) is 4.79 Å². The molecule has 2 aromatic rings. The van der Waals surface area contributed by atoms with Gasteiger partial charge in [0.2, 0.25) is 0 Å². The van der Waals surface area contributed by atoms with Crippen LogP contribution in [0.2, 0.25) is 5.02 Å². The Kier molecular flexibility index (Phi) is 6.45. The number of hydrogen-bond acceptors (Lipinski definition) is 5. The van der Waals surface area contributed by atoms with Crippen LogP contribution in [0.25, 0.3) is 0 Å². The van der Waals surface area contributed by atoms with Crippen LogP contribution in [0.4, 0.5) is 11.4 Å². The number of benzene rings is 2. The van der Waals surface area contributed by atoms with E-state index in [0.29, 0.717) is 3.57 Å². The lowest BCUT2D eigenvalue weighted by Gasteiger charge is -2.12. The lowest BCUT2D eigenvalue weighted by Crippen LogP contribution is -2.34. The number of hydrogen-bond donors (Lipinski definition) is 3. The number of anilines is 1. The number of carbonyl (C=O) groups excluding carboxylic acids is 1. The van der Waals surface area contributed by atoms with Crippen molar-refractivity contribution in [2.45, 2.75) is 0 Å². The number of rotatable bonds is 4. The van der Waals surface area contributed by atoms with E-state index in [4.69, 9.17) is 23.8 Å². The monoisotopic (exact) mass is 505 g/mol. The van der Waals surface area contributed by atoms with Crippen LogP contribution in [0.1, 0.15) is 20.7 Å². The number of nitrogens with one attached hydrogen (secondary N) is 2. The van der Waals surface area contributed by atoms with Gasteiger partial charge in [0.15, 0.2) is 5.11 Å². The third-order valence-electron chi connectivity index (χ3n) is 3.09. The number of nitro benzene ring substituents is 1. The average Bonchev–Trinajstić information content (AvgIpc) is 2.56. The number of carbonyl (C=O) groups is 2. The van der Waals surface area contributed by atoms with Crippen molar-refractivity contribution < 1.29 is 19.6 Å². The Morgan fingerprint density at radius 2 is 1.92 bits per heavy atom. The molecule has 0 heterocycles. The molecule has 0 spiro atoms. The van der Waals surface area contributed by atoms with Gasteiger partial charge in [-0.2, -0.15) is 0 Å². The first-order valence-electron chi connectivity index (χ1n) is 6.78. The number of carboxylic acid groups (broad SMARTS) is 1. The minimum absolute atomic E-state index is 0.0179. The highest BCUT2D eigenvalue weighted by Crippen LogP contribution is 2.25. The first-order chi connectivity index (χ1) is 12.2. The minimum Gasteiger partial charge on any atom is -0.478 e. The molecule has 0 aliphatic rings. The SMILES string of the molecule is O=C(NC(=S)Nc1ccc(I)cc1C(=O)O)c1ccc(Cl)c([N+](=O)[O-])c1. The maximum absolute atomic E-state index is 12.2. The summed E-state index contributed by atoms with van der Waals surface area (Å²) in [4.78, 5) is 33.6. The van der Waals surface area contributed by atoms with Gasteiger partial charge in [-0.3, -0.25) is 20.2 Å². The second kappa shape index (κ2) is 8.38. The maximum Gasteiger partial charge on any atom is 0.337 e. The number of carboxylic acids is 1. The van der Waals surface area contributed by atoms with E-state index < -0.39 is 22.5 Å². The lowest BCUT2D eigenvalue weighted by molar-refractivity contribution is -0.384. The van der Waals surface area contributed by atoms with E-state index in [-0.39, 0.29) is 26.9 Å². The number of aromatic carboxylic acids is 1. The molecular weight excluding hydrogens is 497 g/mol. The Bertz CT molecular complexity index is 937. The zero-order valence-electron chi connectivity index (χ0n) is 12.7. The van der Waals surface area contributed by atoms with Crippen LogP contribution in [0.3, 0.4) is 0 Å². The molecule has 0 bridgehead atoms. The second-order valence-electron chi connectivity index (χ2n) is 4.83. The van der Waals surface area contributed by atoms with Crippen molar-refractivity contribution >= 4 is 74.8 Å². The molecule has 1 amide bonds. The normalized spacial score (nSPS) is 10.1. The van der Waals surface area contributed by atoms with E-state index in [2.05, 4.69) is 10.6 Å². The Morgan fingerprint density at radius 3 is 2.54 bits per heavy atom. The summed E-state index contributed by atoms with van der Waals surface area (Å²) in [6.45, 7) is 0. The molecule has 0 saturated carbocycles. The Labute approximate surface area is 170 Å². The van der Waals surface area contributed by atoms with E-state index in [1.807, 2.05) is 22.6 Å². The number of amides is 1. The van der Waals surface area contributed by atoms with Crippen LogP contribution in [-0.4, -0.2) is 27.0 Å². The zero-order chi connectivity index (χ0) is 19.4. The van der Waals surface area contributed by atoms with Gasteiger partial charge in [0.05, 0.1) is 16.2 Å². The summed E-state index contributed by atoms with van der Waals surface area (Å²) in [5, 5.41) is 24.8. The standard InChI is InChI=1S/C15H9ClIN3O5S/c16-10-3-1-7(5-12(10)20(24)25)13(21)19-15(26)18-11-4-2-8(17)6-9(11)14(22)23/h1-6H,(H,22,23)(H2,18,19,21,26). The highest BCUT2D eigenvalue weighted by Gasteiger charge is 2.18. The quantitative estimate of drug-likeness (QED) is 0.251. The maximum atomic E-state index is 12.2. The molecule has 0 aliphatic heterocycles. The smallest absolute Gasteiger partial charge is 0.337 e. The van der Waals surface area contributed by atoms with Gasteiger partial charge < -0.3 is 10.4 Å². The molecule has 0 unspecified atom stereocenters. The molecule has 8 nitrogen and oxygen atoms in total. The summed E-state index contributed by atoms with van der Waals surface area (Å²) < 4.78 is 0.717. The molecule has 0 saturated heterocycles. The zero-order valence-corrected chi connectivity index (χ0v) is 16.4. The number of nitro groups is 1. The molecular formula is C15H9ClIN3O5S. The molecule has 0 fully saturated rings. The number of nitrogens with zero attached hydrogens (tertiary/aromatic N) is 1. The van der Waals surface area contributed by atoms with E-state index in [0.717, 1.165) is 6.07 Å². The molecule has 134 valence electrons. The van der Waals surface area contributed by atoms with Crippen LogP contribution in [0, 0.1) is 13.7 Å². The van der Waals surface area contributed by atoms with Crippen LogP contribution < -0.4 is 10.6 Å². The van der Waals surface area contributed by atoms with Crippen LogP contribution >= 0.6 is 46.4 Å². The van der Waals surface area contributed by atoms with Gasteiger partial charge in [-0.1, -0.05) is 11.6 Å². The van der Waals surface area contributed by atoms with Crippen molar-refractivity contribution in [1.29, 1.82) is 0 Å². The first kappa shape index (κ1) is 20.0. The third kappa shape index (κ3) is 4.86. The fraction of sp³-hybridized carbons (Fsp3) is 0. The summed E-state index contributed by atoms with van der Waals surface area (Å²) >= 11 is 12.7. The Balaban J connectivity index is 2.16. The fourth-order valence-corrected chi connectivity index (χ4v) is 2.81. The number of halogens is 2. The summed E-state index contributed by atoms with van der Waals surface area (Å²) in [5.74, 6) is -1.86. The van der Waals surface area contributed by atoms with Gasteiger partial charge >= 0.3 is 5.97 Å². The highest BCUT2D eigenvalue weighted by molar-refractivity contribution is 14.1. The average molecular weight is 506 g/mol. The summed E-state index contributed by atoms with van der Waals surface area (Å²) in [7, 11) is 0. The predicted molar refractivity (Wildman–Crippen MR) is 108 cm³/mol. The molecule has 26 heavy (non-hydrogen) atoms. The van der Waals surface area contributed by atoms with Crippen molar-refractivity contribution in [3.8, 4) is 0 Å². The molecule has 11 heteroatoms. The van der Waals surface area contributed by atoms with Gasteiger partial charge in [-0.15, -0.1) is 0 Å². The van der Waals surface area contributed by atoms with Crippen LogP contribution in [0.15, 0.2) is 36.4 Å². The molecule has 0 aliphatic carbocycles. The highest BCUT2D eigenvalue weighted by atomic mass is 127.